The van der Waals surface area contributed by atoms with E-state index >= 15 is 0 Å². The molecule has 1 aromatic carbocycles. The van der Waals surface area contributed by atoms with E-state index in [-0.39, 0.29) is 18.2 Å². The van der Waals surface area contributed by atoms with Crippen molar-refractivity contribution >= 4 is 17.0 Å². The molecular formula is C13H9F6NS. The lowest BCUT2D eigenvalue weighted by Gasteiger charge is -2.14. The summed E-state index contributed by atoms with van der Waals surface area (Å²) >= 11 is 1.37. The fourth-order valence-corrected chi connectivity index (χ4v) is 2.30. The number of hydrogen-bond acceptors (Lipinski definition) is 2. The van der Waals surface area contributed by atoms with Crippen LogP contribution in [0, 0.1) is 0 Å². The predicted octanol–water partition coefficient (Wildman–Crippen LogP) is 5.40. The molecule has 0 spiro atoms. The Morgan fingerprint density at radius 3 is 1.90 bits per heavy atom. The van der Waals surface area contributed by atoms with Crippen molar-refractivity contribution in [2.75, 3.05) is 5.32 Å². The van der Waals surface area contributed by atoms with Crippen LogP contribution in [0.25, 0.3) is 0 Å². The Bertz CT molecular complexity index is 568. The first-order valence-corrected chi connectivity index (χ1v) is 6.65. The van der Waals surface area contributed by atoms with Crippen LogP contribution in [0.1, 0.15) is 16.7 Å². The van der Waals surface area contributed by atoms with Crippen LogP contribution in [0.15, 0.2) is 35.0 Å². The number of thiophene rings is 1. The predicted molar refractivity (Wildman–Crippen MR) is 68.1 cm³/mol. The van der Waals surface area contributed by atoms with E-state index in [9.17, 15) is 26.3 Å². The van der Waals surface area contributed by atoms with E-state index in [4.69, 9.17) is 0 Å². The minimum Gasteiger partial charge on any atom is -0.380 e. The van der Waals surface area contributed by atoms with Gasteiger partial charge in [0.15, 0.2) is 0 Å². The Morgan fingerprint density at radius 2 is 1.48 bits per heavy atom. The third-order valence-corrected chi connectivity index (χ3v) is 3.35. The molecule has 21 heavy (non-hydrogen) atoms. The lowest BCUT2D eigenvalue weighted by molar-refractivity contribution is -0.143. The van der Waals surface area contributed by atoms with Crippen molar-refractivity contribution in [1.82, 2.24) is 0 Å². The fraction of sp³-hybridized carbons (Fsp3) is 0.231. The van der Waals surface area contributed by atoms with E-state index in [0.717, 1.165) is 0 Å². The average Bonchev–Trinajstić information content (AvgIpc) is 2.87. The average molecular weight is 325 g/mol. The van der Waals surface area contributed by atoms with Gasteiger partial charge in [0.1, 0.15) is 0 Å². The number of halogens is 6. The highest BCUT2D eigenvalue weighted by Gasteiger charge is 2.36. The monoisotopic (exact) mass is 325 g/mol. The van der Waals surface area contributed by atoms with Crippen molar-refractivity contribution in [3.63, 3.8) is 0 Å². The second-order valence-electron chi connectivity index (χ2n) is 4.28. The van der Waals surface area contributed by atoms with Crippen LogP contribution in [0.5, 0.6) is 0 Å². The summed E-state index contributed by atoms with van der Waals surface area (Å²) in [5, 5.41) is 6.23. The van der Waals surface area contributed by atoms with Gasteiger partial charge in [0.05, 0.1) is 11.1 Å². The molecule has 1 N–H and O–H groups in total. The number of nitrogens with one attached hydrogen (secondary N) is 1. The fourth-order valence-electron chi connectivity index (χ4n) is 1.69. The maximum absolute atomic E-state index is 12.7. The van der Waals surface area contributed by atoms with E-state index in [2.05, 4.69) is 5.32 Å². The molecule has 0 aliphatic carbocycles. The number of benzene rings is 1. The molecule has 1 nitrogen and oxygen atoms in total. The molecule has 0 unspecified atom stereocenters. The van der Waals surface area contributed by atoms with Crippen molar-refractivity contribution in [3.05, 3.63) is 51.7 Å². The van der Waals surface area contributed by atoms with Gasteiger partial charge in [0.25, 0.3) is 0 Å². The molecule has 114 valence electrons. The summed E-state index contributed by atoms with van der Waals surface area (Å²) in [5.41, 5.74) is -2.05. The van der Waals surface area contributed by atoms with E-state index in [1.165, 1.54) is 11.3 Å². The highest BCUT2D eigenvalue weighted by atomic mass is 32.1. The molecule has 8 heteroatoms. The standard InChI is InChI=1S/C13H9F6NS/c14-12(15,16)9-3-8(4-10(5-9)13(17,18)19)6-20-11-1-2-21-7-11/h1-5,7,20H,6H2. The SMILES string of the molecule is FC(F)(F)c1cc(CNc2ccsc2)cc(C(F)(F)F)c1. The molecule has 0 saturated carbocycles. The van der Waals surface area contributed by atoms with Crippen LogP contribution in [0.4, 0.5) is 32.0 Å². The maximum atomic E-state index is 12.7. The van der Waals surface area contributed by atoms with Crippen molar-refractivity contribution in [2.45, 2.75) is 18.9 Å². The number of hydrogen-bond donors (Lipinski definition) is 1. The lowest BCUT2D eigenvalue weighted by atomic mass is 10.0. The van der Waals surface area contributed by atoms with Crippen LogP contribution in [-0.2, 0) is 18.9 Å². The van der Waals surface area contributed by atoms with Gasteiger partial charge in [0, 0.05) is 17.6 Å². The van der Waals surface area contributed by atoms with Crippen molar-refractivity contribution < 1.29 is 26.3 Å². The van der Waals surface area contributed by atoms with Gasteiger partial charge < -0.3 is 5.32 Å². The molecule has 1 heterocycles. The summed E-state index contributed by atoms with van der Waals surface area (Å²) in [4.78, 5) is 0. The van der Waals surface area contributed by atoms with Gasteiger partial charge in [0.2, 0.25) is 0 Å². The van der Waals surface area contributed by atoms with Crippen LogP contribution >= 0.6 is 11.3 Å². The molecule has 0 aliphatic rings. The Kier molecular flexibility index (Phi) is 4.18. The Labute approximate surface area is 120 Å². The third-order valence-electron chi connectivity index (χ3n) is 2.67. The van der Waals surface area contributed by atoms with Crippen molar-refractivity contribution in [2.24, 2.45) is 0 Å². The van der Waals surface area contributed by atoms with Crippen molar-refractivity contribution in [1.29, 1.82) is 0 Å². The first kappa shape index (κ1) is 15.7. The zero-order valence-corrected chi connectivity index (χ0v) is 11.2. The van der Waals surface area contributed by atoms with Gasteiger partial charge in [-0.25, -0.2) is 0 Å². The first-order valence-electron chi connectivity index (χ1n) is 5.71. The summed E-state index contributed by atoms with van der Waals surface area (Å²) < 4.78 is 76.0. The molecule has 0 saturated heterocycles. The Balaban J connectivity index is 2.31. The minimum atomic E-state index is -4.82. The summed E-state index contributed by atoms with van der Waals surface area (Å²) in [6, 6.07) is 3.24. The maximum Gasteiger partial charge on any atom is 0.416 e. The molecule has 0 amide bonds. The van der Waals surface area contributed by atoms with E-state index in [1.807, 2.05) is 0 Å². The van der Waals surface area contributed by atoms with E-state index in [1.54, 1.807) is 16.8 Å². The van der Waals surface area contributed by atoms with Gasteiger partial charge in [-0.2, -0.15) is 37.7 Å². The summed E-state index contributed by atoms with van der Waals surface area (Å²) in [5.74, 6) is 0. The van der Waals surface area contributed by atoms with Gasteiger partial charge in [-0.1, -0.05) is 0 Å². The van der Waals surface area contributed by atoms with Crippen LogP contribution < -0.4 is 5.32 Å². The number of anilines is 1. The highest BCUT2D eigenvalue weighted by Crippen LogP contribution is 2.36. The molecule has 0 radical (unpaired) electrons. The van der Waals surface area contributed by atoms with Crippen LogP contribution in [0.2, 0.25) is 0 Å². The molecule has 0 bridgehead atoms. The Hall–Kier alpha value is -1.70. The van der Waals surface area contributed by atoms with Gasteiger partial charge in [-0.05, 0) is 35.2 Å². The highest BCUT2D eigenvalue weighted by molar-refractivity contribution is 7.08. The van der Waals surface area contributed by atoms with Gasteiger partial charge in [-0.3, -0.25) is 0 Å². The van der Waals surface area contributed by atoms with Crippen molar-refractivity contribution in [3.8, 4) is 0 Å². The third kappa shape index (κ3) is 4.13. The summed E-state index contributed by atoms with van der Waals surface area (Å²) in [6.45, 7) is -0.121. The first-order chi connectivity index (χ1) is 9.66. The zero-order chi connectivity index (χ0) is 15.7. The molecule has 2 rings (SSSR count). The van der Waals surface area contributed by atoms with E-state index in [0.29, 0.717) is 17.8 Å². The van der Waals surface area contributed by atoms with Gasteiger partial charge in [-0.15, -0.1) is 0 Å². The number of rotatable bonds is 3. The summed E-state index contributed by atoms with van der Waals surface area (Å²) in [6.07, 6.45) is -9.64. The molecule has 0 aliphatic heterocycles. The normalized spacial score (nSPS) is 12.5. The zero-order valence-electron chi connectivity index (χ0n) is 10.3. The molecular weight excluding hydrogens is 316 g/mol. The van der Waals surface area contributed by atoms with Gasteiger partial charge >= 0.3 is 12.4 Å². The molecule has 2 aromatic rings. The minimum absolute atomic E-state index is 0.0802. The quantitative estimate of drug-likeness (QED) is 0.745. The number of alkyl halides is 6. The molecule has 1 aromatic heterocycles. The van der Waals surface area contributed by atoms with Crippen LogP contribution in [-0.4, -0.2) is 0 Å². The molecule has 0 atom stereocenters. The van der Waals surface area contributed by atoms with E-state index < -0.39 is 23.5 Å². The largest absolute Gasteiger partial charge is 0.416 e. The lowest BCUT2D eigenvalue weighted by Crippen LogP contribution is -2.12. The topological polar surface area (TPSA) is 12.0 Å². The summed E-state index contributed by atoms with van der Waals surface area (Å²) in [7, 11) is 0. The Morgan fingerprint density at radius 1 is 0.905 bits per heavy atom. The molecule has 0 fully saturated rings. The smallest absolute Gasteiger partial charge is 0.380 e. The van der Waals surface area contributed by atoms with Crippen LogP contribution in [0.3, 0.4) is 0 Å². The second kappa shape index (κ2) is 5.59. The second-order valence-corrected chi connectivity index (χ2v) is 5.06.